The van der Waals surface area contributed by atoms with Gasteiger partial charge in [-0.15, -0.1) is 0 Å². The fourth-order valence-electron chi connectivity index (χ4n) is 2.49. The molecule has 19 heavy (non-hydrogen) atoms. The lowest BCUT2D eigenvalue weighted by Crippen LogP contribution is -2.45. The molecule has 2 aliphatic rings. The number of likely N-dealkylation sites (tertiary alicyclic amines) is 1. The molecule has 1 atom stereocenters. The van der Waals surface area contributed by atoms with Crippen molar-refractivity contribution in [3.63, 3.8) is 0 Å². The quantitative estimate of drug-likeness (QED) is 0.707. The lowest BCUT2D eigenvalue weighted by Gasteiger charge is -2.26. The van der Waals surface area contributed by atoms with E-state index in [4.69, 9.17) is 5.11 Å². The Morgan fingerprint density at radius 3 is 2.58 bits per heavy atom. The number of likely N-dealkylation sites (N-methyl/N-ethyl adjacent to an activating group) is 1. The van der Waals surface area contributed by atoms with Crippen LogP contribution in [0, 0.1) is 5.92 Å². The second-order valence-electron chi connectivity index (χ2n) is 5.14. The Bertz CT molecular complexity index is 398. The Morgan fingerprint density at radius 1 is 1.21 bits per heavy atom. The van der Waals surface area contributed by atoms with Crippen LogP contribution in [0.15, 0.2) is 0 Å². The summed E-state index contributed by atoms with van der Waals surface area (Å²) in [5.41, 5.74) is 0. The molecule has 2 aliphatic heterocycles. The van der Waals surface area contributed by atoms with Gasteiger partial charge >= 0.3 is 12.0 Å². The highest BCUT2D eigenvalue weighted by atomic mass is 16.4. The van der Waals surface area contributed by atoms with Crippen molar-refractivity contribution < 1.29 is 19.5 Å². The van der Waals surface area contributed by atoms with Gasteiger partial charge in [0.15, 0.2) is 0 Å². The van der Waals surface area contributed by atoms with Gasteiger partial charge in [0.25, 0.3) is 0 Å². The number of aliphatic carboxylic acids is 1. The van der Waals surface area contributed by atoms with Crippen molar-refractivity contribution in [3.05, 3.63) is 0 Å². The lowest BCUT2D eigenvalue weighted by atomic mass is 10.1. The Kier molecular flexibility index (Phi) is 3.92. The van der Waals surface area contributed by atoms with Crippen molar-refractivity contribution in [1.82, 2.24) is 14.7 Å². The molecule has 2 rings (SSSR count). The van der Waals surface area contributed by atoms with E-state index in [9.17, 15) is 14.4 Å². The van der Waals surface area contributed by atoms with Crippen LogP contribution < -0.4 is 0 Å². The van der Waals surface area contributed by atoms with E-state index in [1.54, 1.807) is 11.9 Å². The van der Waals surface area contributed by atoms with Crippen LogP contribution in [0.1, 0.15) is 12.8 Å². The van der Waals surface area contributed by atoms with Gasteiger partial charge < -0.3 is 19.8 Å². The highest BCUT2D eigenvalue weighted by Gasteiger charge is 2.34. The van der Waals surface area contributed by atoms with Gasteiger partial charge in [0.1, 0.15) is 6.54 Å². The molecule has 0 aliphatic carbocycles. The summed E-state index contributed by atoms with van der Waals surface area (Å²) < 4.78 is 0. The summed E-state index contributed by atoms with van der Waals surface area (Å²) in [7, 11) is 1.73. The number of carbonyl (C=O) groups excluding carboxylic acids is 2. The van der Waals surface area contributed by atoms with Crippen molar-refractivity contribution in [3.8, 4) is 0 Å². The Hall–Kier alpha value is -1.79. The van der Waals surface area contributed by atoms with E-state index in [-0.39, 0.29) is 25.0 Å². The molecule has 7 nitrogen and oxygen atoms in total. The molecule has 0 radical (unpaired) electrons. The van der Waals surface area contributed by atoms with Crippen LogP contribution in [0.4, 0.5) is 4.79 Å². The minimum atomic E-state index is -0.859. The maximum atomic E-state index is 12.3. The summed E-state index contributed by atoms with van der Waals surface area (Å²) in [4.78, 5) is 39.6. The number of carboxylic acids is 1. The van der Waals surface area contributed by atoms with E-state index in [1.807, 2.05) is 0 Å². The SMILES string of the molecule is CN1CCCN(C(=O)N2CCC(C(=O)O)C2)CC1=O. The second-order valence-corrected chi connectivity index (χ2v) is 5.14. The van der Waals surface area contributed by atoms with Gasteiger partial charge in [-0.2, -0.15) is 0 Å². The molecule has 1 unspecified atom stereocenters. The molecule has 0 bridgehead atoms. The molecule has 3 amide bonds. The Labute approximate surface area is 111 Å². The molecule has 0 saturated carbocycles. The molecule has 0 aromatic rings. The maximum Gasteiger partial charge on any atom is 0.320 e. The van der Waals surface area contributed by atoms with Gasteiger partial charge in [-0.25, -0.2) is 4.79 Å². The third-order valence-corrected chi connectivity index (χ3v) is 3.75. The minimum Gasteiger partial charge on any atom is -0.481 e. The van der Waals surface area contributed by atoms with E-state index >= 15 is 0 Å². The van der Waals surface area contributed by atoms with Crippen LogP contribution in [0.2, 0.25) is 0 Å². The molecule has 106 valence electrons. The second kappa shape index (κ2) is 5.46. The summed E-state index contributed by atoms with van der Waals surface area (Å²) in [5, 5.41) is 8.93. The van der Waals surface area contributed by atoms with Crippen LogP contribution in [0.5, 0.6) is 0 Å². The Morgan fingerprint density at radius 2 is 1.95 bits per heavy atom. The van der Waals surface area contributed by atoms with E-state index < -0.39 is 11.9 Å². The zero-order valence-corrected chi connectivity index (χ0v) is 11.0. The molecule has 2 heterocycles. The molecule has 7 heteroatoms. The predicted octanol–water partition coefficient (Wildman–Crippen LogP) is -0.323. The van der Waals surface area contributed by atoms with Gasteiger partial charge in [-0.3, -0.25) is 9.59 Å². The van der Waals surface area contributed by atoms with Gasteiger partial charge in [0.2, 0.25) is 5.91 Å². The first-order valence-electron chi connectivity index (χ1n) is 6.49. The monoisotopic (exact) mass is 269 g/mol. The molecule has 0 spiro atoms. The largest absolute Gasteiger partial charge is 0.481 e. The molecular formula is C12H19N3O4. The first-order chi connectivity index (χ1) is 8.99. The van der Waals surface area contributed by atoms with Gasteiger partial charge in [0, 0.05) is 33.2 Å². The van der Waals surface area contributed by atoms with E-state index in [2.05, 4.69) is 0 Å². The molecule has 0 aromatic carbocycles. The topological polar surface area (TPSA) is 81.2 Å². The van der Waals surface area contributed by atoms with Gasteiger partial charge in [-0.1, -0.05) is 0 Å². The zero-order chi connectivity index (χ0) is 14.0. The maximum absolute atomic E-state index is 12.3. The molecule has 2 fully saturated rings. The molecule has 1 N–H and O–H groups in total. The highest BCUT2D eigenvalue weighted by Crippen LogP contribution is 2.18. The first kappa shape index (κ1) is 13.6. The number of hydrogen-bond acceptors (Lipinski definition) is 3. The lowest BCUT2D eigenvalue weighted by molar-refractivity contribution is -0.141. The summed E-state index contributed by atoms with van der Waals surface area (Å²) in [6.07, 6.45) is 1.24. The number of amides is 3. The number of carboxylic acid groups (broad SMARTS) is 1. The van der Waals surface area contributed by atoms with Crippen LogP contribution in [-0.4, -0.2) is 77.5 Å². The molecule has 0 aromatic heterocycles. The van der Waals surface area contributed by atoms with Crippen molar-refractivity contribution >= 4 is 17.9 Å². The number of urea groups is 1. The van der Waals surface area contributed by atoms with Gasteiger partial charge in [-0.05, 0) is 12.8 Å². The fourth-order valence-corrected chi connectivity index (χ4v) is 2.49. The number of carbonyl (C=O) groups is 3. The number of hydrogen-bond donors (Lipinski definition) is 1. The van der Waals surface area contributed by atoms with Crippen molar-refractivity contribution in [2.24, 2.45) is 5.92 Å². The van der Waals surface area contributed by atoms with Crippen molar-refractivity contribution in [2.45, 2.75) is 12.8 Å². The fraction of sp³-hybridized carbons (Fsp3) is 0.750. The summed E-state index contributed by atoms with van der Waals surface area (Å²) in [6.45, 7) is 1.98. The summed E-state index contributed by atoms with van der Waals surface area (Å²) >= 11 is 0. The minimum absolute atomic E-state index is 0.0696. The molecular weight excluding hydrogens is 250 g/mol. The van der Waals surface area contributed by atoms with Crippen LogP contribution in [0.3, 0.4) is 0 Å². The summed E-state index contributed by atoms with van der Waals surface area (Å²) in [6, 6.07) is -0.215. The zero-order valence-electron chi connectivity index (χ0n) is 11.0. The number of rotatable bonds is 1. The van der Waals surface area contributed by atoms with Crippen LogP contribution >= 0.6 is 0 Å². The molecule has 2 saturated heterocycles. The van der Waals surface area contributed by atoms with Crippen molar-refractivity contribution in [2.75, 3.05) is 39.8 Å². The van der Waals surface area contributed by atoms with Crippen LogP contribution in [0.25, 0.3) is 0 Å². The number of nitrogens with zero attached hydrogens (tertiary/aromatic N) is 3. The van der Waals surface area contributed by atoms with E-state index in [0.29, 0.717) is 26.1 Å². The van der Waals surface area contributed by atoms with E-state index in [1.165, 1.54) is 9.80 Å². The highest BCUT2D eigenvalue weighted by molar-refractivity contribution is 5.85. The summed E-state index contributed by atoms with van der Waals surface area (Å²) in [5.74, 6) is -1.41. The first-order valence-corrected chi connectivity index (χ1v) is 6.49. The average molecular weight is 269 g/mol. The van der Waals surface area contributed by atoms with Crippen LogP contribution in [-0.2, 0) is 9.59 Å². The third kappa shape index (κ3) is 2.97. The Balaban J connectivity index is 1.96. The van der Waals surface area contributed by atoms with Gasteiger partial charge in [0.05, 0.1) is 5.92 Å². The van der Waals surface area contributed by atoms with Crippen molar-refractivity contribution in [1.29, 1.82) is 0 Å². The van der Waals surface area contributed by atoms with E-state index in [0.717, 1.165) is 6.42 Å². The third-order valence-electron chi connectivity index (χ3n) is 3.75. The average Bonchev–Trinajstić information content (AvgIpc) is 2.79. The standard InChI is InChI=1S/C12H19N3O4/c1-13-4-2-5-14(8-10(13)16)12(19)15-6-3-9(7-15)11(17)18/h9H,2-8H2,1H3,(H,17,18). The normalized spacial score (nSPS) is 24.6. The smallest absolute Gasteiger partial charge is 0.320 e. The predicted molar refractivity (Wildman–Crippen MR) is 66.5 cm³/mol.